The van der Waals surface area contributed by atoms with Crippen LogP contribution in [0, 0.1) is 11.8 Å². The summed E-state index contributed by atoms with van der Waals surface area (Å²) in [4.78, 5) is 11.7. The van der Waals surface area contributed by atoms with E-state index in [1.165, 1.54) is 16.9 Å². The molecule has 2 aromatic rings. The number of carboxylic acid groups (broad SMARTS) is 1. The topological polar surface area (TPSA) is 66.8 Å². The summed E-state index contributed by atoms with van der Waals surface area (Å²) in [6, 6.07) is 12.0. The number of allylic oxidation sites excluding steroid dienone is 1. The fourth-order valence-corrected chi connectivity index (χ4v) is 5.59. The van der Waals surface area contributed by atoms with E-state index in [0.29, 0.717) is 11.5 Å². The zero-order valence-corrected chi connectivity index (χ0v) is 19.0. The van der Waals surface area contributed by atoms with Gasteiger partial charge < -0.3 is 14.9 Å². The first kappa shape index (κ1) is 23.6. The Morgan fingerprint density at radius 2 is 2.13 bits per heavy atom. The van der Waals surface area contributed by atoms with Crippen LogP contribution in [0.25, 0.3) is 6.08 Å². The molecule has 6 heteroatoms. The first-order valence-corrected chi connectivity index (χ1v) is 11.9. The molecule has 0 aliphatic heterocycles. The predicted molar refractivity (Wildman–Crippen MR) is 127 cm³/mol. The summed E-state index contributed by atoms with van der Waals surface area (Å²) in [6.07, 6.45) is 9.65. The average molecular weight is 461 g/mol. The molecule has 2 N–H and O–H groups in total. The van der Waals surface area contributed by atoms with Crippen molar-refractivity contribution >= 4 is 35.2 Å². The molecule has 1 aliphatic carbocycles. The van der Waals surface area contributed by atoms with Crippen molar-refractivity contribution in [3.05, 3.63) is 71.1 Å². The van der Waals surface area contributed by atoms with Crippen molar-refractivity contribution in [1.82, 2.24) is 0 Å². The highest BCUT2D eigenvalue weighted by Gasteiger charge is 2.39. The molecule has 1 aromatic carbocycles. The second-order valence-corrected chi connectivity index (χ2v) is 9.66. The van der Waals surface area contributed by atoms with E-state index in [9.17, 15) is 9.90 Å². The van der Waals surface area contributed by atoms with Gasteiger partial charge in [-0.15, -0.1) is 29.5 Å². The maximum absolute atomic E-state index is 10.6. The molecule has 3 rings (SSSR count). The number of aliphatic hydroxyl groups excluding tert-OH is 1. The van der Waals surface area contributed by atoms with Crippen molar-refractivity contribution in [2.45, 2.75) is 50.0 Å². The number of benzene rings is 1. The van der Waals surface area contributed by atoms with Gasteiger partial charge in [-0.05, 0) is 67.7 Å². The molecule has 1 saturated carbocycles. The second kappa shape index (κ2) is 11.5. The Balaban J connectivity index is 1.58. The number of carbonyl (C=O) groups is 1. The third-order valence-corrected chi connectivity index (χ3v) is 7.28. The minimum absolute atomic E-state index is 0.0357. The average Bonchev–Trinajstić information content (AvgIpc) is 3.28. The van der Waals surface area contributed by atoms with E-state index in [1.54, 1.807) is 6.07 Å². The predicted octanol–water partition coefficient (Wildman–Crippen LogP) is 6.56. The van der Waals surface area contributed by atoms with Crippen LogP contribution in [0.3, 0.4) is 0 Å². The summed E-state index contributed by atoms with van der Waals surface area (Å²) in [5.74, 6) is 0.250. The normalized spacial score (nSPS) is 23.3. The lowest BCUT2D eigenvalue weighted by Crippen LogP contribution is -2.18. The quantitative estimate of drug-likeness (QED) is 0.239. The number of halogens is 1. The van der Waals surface area contributed by atoms with Crippen molar-refractivity contribution in [2.24, 2.45) is 11.8 Å². The first-order valence-electron chi connectivity index (χ1n) is 10.7. The number of thiophene rings is 1. The maximum atomic E-state index is 10.6. The molecule has 0 bridgehead atoms. The number of alkyl halides is 1. The number of ether oxygens (including phenoxy) is 1. The third-order valence-electron chi connectivity index (χ3n) is 5.75. The molecule has 0 saturated heterocycles. The van der Waals surface area contributed by atoms with Gasteiger partial charge in [0.1, 0.15) is 0 Å². The lowest BCUT2D eigenvalue weighted by Gasteiger charge is -2.20. The molecule has 1 aromatic heterocycles. The van der Waals surface area contributed by atoms with Gasteiger partial charge in [0.2, 0.25) is 0 Å². The van der Waals surface area contributed by atoms with Gasteiger partial charge in [-0.1, -0.05) is 42.5 Å². The molecule has 4 nitrogen and oxygen atoms in total. The van der Waals surface area contributed by atoms with Gasteiger partial charge in [0.15, 0.2) is 5.06 Å². The van der Waals surface area contributed by atoms with E-state index < -0.39 is 12.3 Å². The SMILES string of the molecule is C=CCCc1cccc(C=C[C@@H]2[C@@H](CCCc3ccc(OC(=O)O)s3)[C@H](Cl)C[C@H]2O)c1. The molecule has 1 aliphatic rings. The Morgan fingerprint density at radius 1 is 1.29 bits per heavy atom. The lowest BCUT2D eigenvalue weighted by molar-refractivity contribution is 0.140. The molecule has 4 atom stereocenters. The van der Waals surface area contributed by atoms with E-state index in [4.69, 9.17) is 21.4 Å². The summed E-state index contributed by atoms with van der Waals surface area (Å²) in [6.45, 7) is 3.78. The standard InChI is InChI=1S/C25H29ClO4S/c1-2-3-6-17-7-4-8-18(15-17)11-13-21-20(22(26)16-23(21)27)10-5-9-19-12-14-24(31-19)30-25(28)29/h2,4,7-8,11-15,20-23,27H,1,3,5-6,9-10,16H2,(H,28,29)/t20-,21-,22-,23-/m1/s1. The zero-order chi connectivity index (χ0) is 22.2. The summed E-state index contributed by atoms with van der Waals surface area (Å²) in [5.41, 5.74) is 2.41. The third kappa shape index (κ3) is 6.96. The van der Waals surface area contributed by atoms with Crippen LogP contribution >= 0.6 is 22.9 Å². The van der Waals surface area contributed by atoms with Crippen molar-refractivity contribution in [1.29, 1.82) is 0 Å². The fraction of sp³-hybridized carbons (Fsp3) is 0.400. The summed E-state index contributed by atoms with van der Waals surface area (Å²) < 4.78 is 4.69. The van der Waals surface area contributed by atoms with Crippen molar-refractivity contribution in [2.75, 3.05) is 0 Å². The van der Waals surface area contributed by atoms with Crippen molar-refractivity contribution in [3.8, 4) is 5.06 Å². The smallest absolute Gasteiger partial charge is 0.449 e. The number of hydrogen-bond acceptors (Lipinski definition) is 4. The van der Waals surface area contributed by atoms with E-state index >= 15 is 0 Å². The molecule has 0 radical (unpaired) electrons. The molecule has 0 spiro atoms. The Morgan fingerprint density at radius 3 is 2.90 bits per heavy atom. The van der Waals surface area contributed by atoms with Crippen LogP contribution < -0.4 is 4.74 Å². The minimum atomic E-state index is -1.29. The number of aryl methyl sites for hydroxylation is 2. The van der Waals surface area contributed by atoms with Crippen molar-refractivity contribution in [3.63, 3.8) is 0 Å². The van der Waals surface area contributed by atoms with Crippen LogP contribution in [0.1, 0.15) is 41.7 Å². The van der Waals surface area contributed by atoms with E-state index in [1.807, 2.05) is 12.1 Å². The molecule has 1 heterocycles. The first-order chi connectivity index (χ1) is 15.0. The largest absolute Gasteiger partial charge is 0.512 e. The number of hydrogen-bond donors (Lipinski definition) is 2. The Bertz CT molecular complexity index is 906. The Labute approximate surface area is 192 Å². The van der Waals surface area contributed by atoms with E-state index in [2.05, 4.69) is 43.0 Å². The van der Waals surface area contributed by atoms with E-state index in [-0.39, 0.29) is 17.2 Å². The van der Waals surface area contributed by atoms with Crippen LogP contribution in [0.5, 0.6) is 5.06 Å². The van der Waals surface area contributed by atoms with Gasteiger partial charge in [-0.3, -0.25) is 0 Å². The van der Waals surface area contributed by atoms with Crippen LogP contribution in [0.2, 0.25) is 0 Å². The van der Waals surface area contributed by atoms with Gasteiger partial charge in [-0.2, -0.15) is 0 Å². The lowest BCUT2D eigenvalue weighted by atomic mass is 9.89. The van der Waals surface area contributed by atoms with Crippen LogP contribution in [-0.4, -0.2) is 27.8 Å². The minimum Gasteiger partial charge on any atom is -0.449 e. The van der Waals surface area contributed by atoms with Crippen molar-refractivity contribution < 1.29 is 19.7 Å². The Kier molecular flexibility index (Phi) is 8.76. The number of rotatable bonds is 10. The molecule has 0 unspecified atom stereocenters. The highest BCUT2D eigenvalue weighted by molar-refractivity contribution is 7.13. The highest BCUT2D eigenvalue weighted by atomic mass is 35.5. The van der Waals surface area contributed by atoms with Gasteiger partial charge >= 0.3 is 6.16 Å². The Hall–Kier alpha value is -2.08. The van der Waals surface area contributed by atoms with Crippen LogP contribution in [-0.2, 0) is 12.8 Å². The molecule has 0 amide bonds. The molecule has 166 valence electrons. The zero-order valence-electron chi connectivity index (χ0n) is 17.5. The van der Waals surface area contributed by atoms with Crippen LogP contribution in [0.4, 0.5) is 4.79 Å². The summed E-state index contributed by atoms with van der Waals surface area (Å²) in [7, 11) is 0. The van der Waals surface area contributed by atoms with E-state index in [0.717, 1.165) is 42.5 Å². The summed E-state index contributed by atoms with van der Waals surface area (Å²) in [5, 5.41) is 19.6. The monoisotopic (exact) mass is 460 g/mol. The fourth-order valence-electron chi connectivity index (χ4n) is 4.22. The molecule has 1 fully saturated rings. The molecular formula is C25H29ClO4S. The van der Waals surface area contributed by atoms with Gasteiger partial charge in [0.25, 0.3) is 0 Å². The summed E-state index contributed by atoms with van der Waals surface area (Å²) >= 11 is 7.94. The molecule has 31 heavy (non-hydrogen) atoms. The molecular weight excluding hydrogens is 432 g/mol. The van der Waals surface area contributed by atoms with Gasteiger partial charge in [0.05, 0.1) is 6.10 Å². The highest BCUT2D eigenvalue weighted by Crippen LogP contribution is 2.40. The van der Waals surface area contributed by atoms with Crippen LogP contribution in [0.15, 0.2) is 55.1 Å². The number of aliphatic hydroxyl groups is 1. The maximum Gasteiger partial charge on any atom is 0.512 e. The second-order valence-electron chi connectivity index (χ2n) is 7.97. The van der Waals surface area contributed by atoms with Gasteiger partial charge in [-0.25, -0.2) is 4.79 Å². The van der Waals surface area contributed by atoms with Gasteiger partial charge in [0, 0.05) is 16.2 Å².